The van der Waals surface area contributed by atoms with E-state index in [0.29, 0.717) is 11.5 Å². The van der Waals surface area contributed by atoms with Crippen LogP contribution in [-0.2, 0) is 18.4 Å². The van der Waals surface area contributed by atoms with E-state index in [1.807, 2.05) is 31.3 Å². The molecule has 0 radical (unpaired) electrons. The minimum atomic E-state index is -0.471. The monoisotopic (exact) mass is 326 g/mol. The van der Waals surface area contributed by atoms with Crippen molar-refractivity contribution in [3.05, 3.63) is 53.6 Å². The van der Waals surface area contributed by atoms with Crippen LogP contribution in [0, 0.1) is 6.92 Å². The van der Waals surface area contributed by atoms with Gasteiger partial charge in [-0.3, -0.25) is 4.68 Å². The van der Waals surface area contributed by atoms with Crippen molar-refractivity contribution in [2.45, 2.75) is 13.5 Å². The quantitative estimate of drug-likeness (QED) is 0.728. The second-order valence-corrected chi connectivity index (χ2v) is 5.39. The molecule has 1 aromatic carbocycles. The summed E-state index contributed by atoms with van der Waals surface area (Å²) in [5.74, 6) is 0.851. The zero-order valence-corrected chi connectivity index (χ0v) is 13.7. The molecule has 0 bridgehead atoms. The number of aromatic amines is 1. The highest BCUT2D eigenvalue weighted by Gasteiger charge is 2.17. The maximum Gasteiger partial charge on any atom is 0.359 e. The van der Waals surface area contributed by atoms with Crippen molar-refractivity contribution in [2.75, 3.05) is 7.11 Å². The Morgan fingerprint density at radius 3 is 2.92 bits per heavy atom. The van der Waals surface area contributed by atoms with Crippen LogP contribution in [0.5, 0.6) is 5.75 Å². The second-order valence-electron chi connectivity index (χ2n) is 5.39. The molecule has 7 heteroatoms. The van der Waals surface area contributed by atoms with Gasteiger partial charge in [-0.25, -0.2) is 9.78 Å². The number of nitrogens with one attached hydrogen (secondary N) is 1. The highest BCUT2D eigenvalue weighted by molar-refractivity contribution is 5.89. The molecule has 2 heterocycles. The summed E-state index contributed by atoms with van der Waals surface area (Å²) in [6, 6.07) is 7.46. The third kappa shape index (κ3) is 3.29. The summed E-state index contributed by atoms with van der Waals surface area (Å²) in [5, 5.41) is 4.04. The molecule has 0 saturated carbocycles. The minimum Gasteiger partial charge on any atom is -0.497 e. The topological polar surface area (TPSA) is 82.0 Å². The Morgan fingerprint density at radius 2 is 2.21 bits per heavy atom. The molecule has 0 fully saturated rings. The van der Waals surface area contributed by atoms with Crippen molar-refractivity contribution in [2.24, 2.45) is 7.05 Å². The summed E-state index contributed by atoms with van der Waals surface area (Å²) in [6.45, 7) is 1.95. The summed E-state index contributed by atoms with van der Waals surface area (Å²) < 4.78 is 12.2. The molecular weight excluding hydrogens is 308 g/mol. The molecule has 124 valence electrons. The van der Waals surface area contributed by atoms with Crippen LogP contribution >= 0.6 is 0 Å². The lowest BCUT2D eigenvalue weighted by Gasteiger charge is -2.02. The second kappa shape index (κ2) is 6.57. The molecule has 7 nitrogen and oxygen atoms in total. The Balaban J connectivity index is 1.76. The number of hydrogen-bond donors (Lipinski definition) is 1. The van der Waals surface area contributed by atoms with Crippen LogP contribution in [0.1, 0.15) is 21.7 Å². The number of H-pyrrole nitrogens is 1. The van der Waals surface area contributed by atoms with E-state index in [0.717, 1.165) is 16.9 Å². The molecule has 24 heavy (non-hydrogen) atoms. The van der Waals surface area contributed by atoms with Crippen LogP contribution in [-0.4, -0.2) is 32.8 Å². The maximum absolute atomic E-state index is 12.3. The summed E-state index contributed by atoms with van der Waals surface area (Å²) in [4.78, 5) is 19.7. The molecule has 2 aromatic heterocycles. The number of benzene rings is 1. The number of methoxy groups -OCH3 is 1. The molecule has 0 unspecified atom stereocenters. The number of imidazole rings is 1. The van der Waals surface area contributed by atoms with Gasteiger partial charge < -0.3 is 14.5 Å². The SMILES string of the molecule is COc1cccc(-c2nc(C(=O)OCc3cnn(C)c3)c(C)[nH]2)c1. The van der Waals surface area contributed by atoms with Crippen LogP contribution in [0.25, 0.3) is 11.4 Å². The van der Waals surface area contributed by atoms with Gasteiger partial charge in [-0.1, -0.05) is 12.1 Å². The number of carbonyl (C=O) groups is 1. The number of rotatable bonds is 5. The first kappa shape index (κ1) is 15.8. The molecule has 0 aliphatic heterocycles. The first-order chi connectivity index (χ1) is 11.6. The first-order valence-corrected chi connectivity index (χ1v) is 7.42. The number of esters is 1. The zero-order chi connectivity index (χ0) is 17.1. The summed E-state index contributed by atoms with van der Waals surface area (Å²) in [5.41, 5.74) is 2.59. The van der Waals surface area contributed by atoms with E-state index in [1.165, 1.54) is 0 Å². The van der Waals surface area contributed by atoms with Gasteiger partial charge in [-0.15, -0.1) is 0 Å². The van der Waals surface area contributed by atoms with Gasteiger partial charge in [-0.2, -0.15) is 5.10 Å². The lowest BCUT2D eigenvalue weighted by atomic mass is 10.2. The van der Waals surface area contributed by atoms with Gasteiger partial charge >= 0.3 is 5.97 Å². The van der Waals surface area contributed by atoms with E-state index >= 15 is 0 Å². The lowest BCUT2D eigenvalue weighted by Crippen LogP contribution is -2.07. The smallest absolute Gasteiger partial charge is 0.359 e. The molecule has 0 aliphatic rings. The molecule has 1 N–H and O–H groups in total. The Morgan fingerprint density at radius 1 is 1.38 bits per heavy atom. The summed E-state index contributed by atoms with van der Waals surface area (Å²) >= 11 is 0. The van der Waals surface area contributed by atoms with Crippen molar-refractivity contribution in [3.8, 4) is 17.1 Å². The average Bonchev–Trinajstić information content (AvgIpc) is 3.18. The molecule has 0 amide bonds. The number of hydrogen-bond acceptors (Lipinski definition) is 5. The Labute approximate surface area is 139 Å². The fourth-order valence-electron chi connectivity index (χ4n) is 2.33. The van der Waals surface area contributed by atoms with Crippen LogP contribution < -0.4 is 4.74 Å². The third-order valence-electron chi connectivity index (χ3n) is 3.55. The number of aromatic nitrogens is 4. The normalized spacial score (nSPS) is 10.6. The molecule has 0 saturated heterocycles. The van der Waals surface area contributed by atoms with Gasteiger partial charge in [-0.05, 0) is 19.1 Å². The van der Waals surface area contributed by atoms with Crippen molar-refractivity contribution in [3.63, 3.8) is 0 Å². The molecule has 0 atom stereocenters. The number of aryl methyl sites for hydroxylation is 2. The first-order valence-electron chi connectivity index (χ1n) is 7.42. The van der Waals surface area contributed by atoms with Crippen molar-refractivity contribution in [1.29, 1.82) is 0 Å². The molecule has 0 spiro atoms. The lowest BCUT2D eigenvalue weighted by molar-refractivity contribution is 0.0465. The van der Waals surface area contributed by atoms with E-state index in [9.17, 15) is 4.79 Å². The van der Waals surface area contributed by atoms with Gasteiger partial charge in [0.25, 0.3) is 0 Å². The number of ether oxygens (including phenoxy) is 2. The molecule has 0 aliphatic carbocycles. The predicted molar refractivity (Wildman–Crippen MR) is 87.6 cm³/mol. The Bertz CT molecular complexity index is 866. The molecule has 3 rings (SSSR count). The van der Waals surface area contributed by atoms with Crippen LogP contribution in [0.15, 0.2) is 36.7 Å². The van der Waals surface area contributed by atoms with Crippen molar-refractivity contribution in [1.82, 2.24) is 19.7 Å². The van der Waals surface area contributed by atoms with Gasteiger partial charge in [0.1, 0.15) is 18.2 Å². The van der Waals surface area contributed by atoms with Crippen LogP contribution in [0.4, 0.5) is 0 Å². The van der Waals surface area contributed by atoms with Crippen molar-refractivity contribution < 1.29 is 14.3 Å². The number of nitrogens with zero attached hydrogens (tertiary/aromatic N) is 3. The van der Waals surface area contributed by atoms with Gasteiger partial charge in [0, 0.05) is 30.1 Å². The van der Waals surface area contributed by atoms with E-state index in [2.05, 4.69) is 15.1 Å². The van der Waals surface area contributed by atoms with Gasteiger partial charge in [0.2, 0.25) is 0 Å². The zero-order valence-electron chi connectivity index (χ0n) is 13.7. The highest BCUT2D eigenvalue weighted by Crippen LogP contribution is 2.23. The standard InChI is InChI=1S/C17H18N4O3/c1-11-15(17(22)24-10-12-8-18-21(2)9-12)20-16(19-11)13-5-4-6-14(7-13)23-3/h4-9H,10H2,1-3H3,(H,19,20). The van der Waals surface area contributed by atoms with Crippen molar-refractivity contribution >= 4 is 5.97 Å². The minimum absolute atomic E-state index is 0.160. The summed E-state index contributed by atoms with van der Waals surface area (Å²) in [7, 11) is 3.41. The molecule has 3 aromatic rings. The molecular formula is C17H18N4O3. The Kier molecular flexibility index (Phi) is 4.33. The fraction of sp³-hybridized carbons (Fsp3) is 0.235. The van der Waals surface area contributed by atoms with Crippen LogP contribution in [0.2, 0.25) is 0 Å². The largest absolute Gasteiger partial charge is 0.497 e. The fourth-order valence-corrected chi connectivity index (χ4v) is 2.33. The maximum atomic E-state index is 12.3. The van der Waals surface area contributed by atoms with Crippen LogP contribution in [0.3, 0.4) is 0 Å². The summed E-state index contributed by atoms with van der Waals surface area (Å²) in [6.07, 6.45) is 3.46. The van der Waals surface area contributed by atoms with Gasteiger partial charge in [0.05, 0.1) is 13.3 Å². The van der Waals surface area contributed by atoms with E-state index in [-0.39, 0.29) is 12.3 Å². The van der Waals surface area contributed by atoms with Gasteiger partial charge in [0.15, 0.2) is 5.69 Å². The predicted octanol–water partition coefficient (Wildman–Crippen LogP) is 2.48. The average molecular weight is 326 g/mol. The van der Waals surface area contributed by atoms with E-state index < -0.39 is 5.97 Å². The van der Waals surface area contributed by atoms with E-state index in [4.69, 9.17) is 9.47 Å². The third-order valence-corrected chi connectivity index (χ3v) is 3.55. The highest BCUT2D eigenvalue weighted by atomic mass is 16.5. The Hall–Kier alpha value is -3.09. The van der Waals surface area contributed by atoms with E-state index in [1.54, 1.807) is 31.1 Å². The number of carbonyl (C=O) groups excluding carboxylic acids is 1.